The number of hydrogen-bond acceptors (Lipinski definition) is 5. The van der Waals surface area contributed by atoms with Crippen LogP contribution in [0.25, 0.3) is 10.8 Å². The fourth-order valence-corrected chi connectivity index (χ4v) is 5.26. The molecule has 0 aromatic heterocycles. The number of halogens is 1. The number of carbonyl (C=O) groups is 2. The number of likely N-dealkylation sites (N-methyl/N-ethyl adjacent to an activating group) is 1. The lowest BCUT2D eigenvalue weighted by Gasteiger charge is -2.35. The van der Waals surface area contributed by atoms with Crippen molar-refractivity contribution in [2.45, 2.75) is 31.3 Å². The number of nitrogens with two attached hydrogens (primary N) is 1. The number of amides is 2. The number of benzodiazepines with no additional fused rings is 1. The summed E-state index contributed by atoms with van der Waals surface area (Å²) in [5.41, 5.74) is 8.17. The minimum Gasteiger partial charge on any atom is -0.356 e. The van der Waals surface area contributed by atoms with Crippen LogP contribution < -0.4 is 16.0 Å². The predicted molar refractivity (Wildman–Crippen MR) is 145 cm³/mol. The smallest absolute Gasteiger partial charge is 0.251 e. The van der Waals surface area contributed by atoms with Gasteiger partial charge >= 0.3 is 0 Å². The number of anilines is 1. The summed E-state index contributed by atoms with van der Waals surface area (Å²) in [6, 6.07) is 19.6. The minimum atomic E-state index is -0.563. The molecular weight excluding hydrogens is 474 g/mol. The molecule has 7 nitrogen and oxygen atoms in total. The number of carbonyl (C=O) groups excluding carboxylic acids is 2. The van der Waals surface area contributed by atoms with Gasteiger partial charge in [0.2, 0.25) is 5.91 Å². The Morgan fingerprint density at radius 3 is 2.58 bits per heavy atom. The van der Waals surface area contributed by atoms with Crippen LogP contribution in [-0.4, -0.2) is 61.3 Å². The monoisotopic (exact) mass is 503 g/mol. The number of fused-ring (bicyclic) bond motifs is 2. The zero-order chi connectivity index (χ0) is 25.2. The molecule has 1 unspecified atom stereocenters. The second-order valence-corrected chi connectivity index (χ2v) is 9.88. The molecule has 3 N–H and O–H groups in total. The lowest BCUT2D eigenvalue weighted by Crippen LogP contribution is -2.48. The zero-order valence-electron chi connectivity index (χ0n) is 20.3. The molecule has 1 fully saturated rings. The average Bonchev–Trinajstić information content (AvgIpc) is 2.99. The van der Waals surface area contributed by atoms with Gasteiger partial charge in [-0.15, -0.1) is 0 Å². The lowest BCUT2D eigenvalue weighted by atomic mass is 10.0. The van der Waals surface area contributed by atoms with Crippen LogP contribution in [0.5, 0.6) is 0 Å². The third kappa shape index (κ3) is 4.94. The molecule has 5 rings (SSSR count). The molecule has 0 spiro atoms. The first-order valence-electron chi connectivity index (χ1n) is 12.3. The number of nitrogens with one attached hydrogen (secondary N) is 1. The quantitative estimate of drug-likeness (QED) is 0.571. The predicted octanol–water partition coefficient (Wildman–Crippen LogP) is 3.37. The molecule has 8 heteroatoms. The van der Waals surface area contributed by atoms with Crippen LogP contribution in [0.1, 0.15) is 24.0 Å². The van der Waals surface area contributed by atoms with Crippen molar-refractivity contribution in [2.24, 2.45) is 10.7 Å². The van der Waals surface area contributed by atoms with E-state index in [1.165, 1.54) is 5.39 Å². The first-order valence-corrected chi connectivity index (χ1v) is 12.7. The van der Waals surface area contributed by atoms with Crippen molar-refractivity contribution < 1.29 is 9.59 Å². The maximum Gasteiger partial charge on any atom is 0.251 e. The van der Waals surface area contributed by atoms with Crippen molar-refractivity contribution in [3.63, 3.8) is 0 Å². The number of piperidine rings is 1. The molecule has 2 aliphatic rings. The summed E-state index contributed by atoms with van der Waals surface area (Å²) in [7, 11) is 1.80. The standard InChI is InChI=1S/C28H30ClN5O2/c1-33-25-9-8-21(29)16-23(25)27(34-12-10-22(11-13-34)31-26(35)17-30)32-24(28(33)36)15-18-6-7-19-4-2-3-5-20(19)14-18/h2-9,14,16,22,24H,10-13,15,17,30H2,1H3,(H,31,35). The van der Waals surface area contributed by atoms with E-state index >= 15 is 0 Å². The summed E-state index contributed by atoms with van der Waals surface area (Å²) in [5, 5.41) is 5.90. The Bertz CT molecular complexity index is 1330. The minimum absolute atomic E-state index is 0.0102. The molecular formula is C28H30ClN5O2. The van der Waals surface area contributed by atoms with Gasteiger partial charge in [-0.25, -0.2) is 0 Å². The van der Waals surface area contributed by atoms with E-state index in [1.807, 2.05) is 24.3 Å². The van der Waals surface area contributed by atoms with E-state index in [1.54, 1.807) is 18.0 Å². The largest absolute Gasteiger partial charge is 0.356 e. The first-order chi connectivity index (χ1) is 17.4. The SMILES string of the molecule is CN1C(=O)C(Cc2ccc3ccccc3c2)N=C(N2CCC(NC(=O)CN)CC2)c2cc(Cl)ccc21. The summed E-state index contributed by atoms with van der Waals surface area (Å²) in [5.74, 6) is 0.589. The van der Waals surface area contributed by atoms with Crippen molar-refractivity contribution in [3.05, 3.63) is 76.8 Å². The Morgan fingerprint density at radius 2 is 1.83 bits per heavy atom. The molecule has 2 heterocycles. The van der Waals surface area contributed by atoms with Crippen LogP contribution in [0, 0.1) is 0 Å². The van der Waals surface area contributed by atoms with Gasteiger partial charge in [-0.2, -0.15) is 0 Å². The van der Waals surface area contributed by atoms with Crippen molar-refractivity contribution in [1.29, 1.82) is 0 Å². The second-order valence-electron chi connectivity index (χ2n) is 9.45. The highest BCUT2D eigenvalue weighted by molar-refractivity contribution is 6.31. The number of rotatable bonds is 4. The molecule has 0 saturated carbocycles. The molecule has 186 valence electrons. The van der Waals surface area contributed by atoms with E-state index in [0.29, 0.717) is 24.5 Å². The summed E-state index contributed by atoms with van der Waals surface area (Å²) in [6.07, 6.45) is 2.06. The highest BCUT2D eigenvalue weighted by atomic mass is 35.5. The van der Waals surface area contributed by atoms with Crippen LogP contribution in [0.4, 0.5) is 5.69 Å². The summed E-state index contributed by atoms with van der Waals surface area (Å²) in [4.78, 5) is 34.3. The maximum absolute atomic E-state index is 13.6. The Hall–Kier alpha value is -3.42. The summed E-state index contributed by atoms with van der Waals surface area (Å²) < 4.78 is 0. The number of aliphatic imine (C=N–C) groups is 1. The molecule has 1 atom stereocenters. The number of benzene rings is 3. The molecule has 0 radical (unpaired) electrons. The van der Waals surface area contributed by atoms with Gasteiger partial charge in [-0.05, 0) is 47.4 Å². The Morgan fingerprint density at radius 1 is 1.08 bits per heavy atom. The highest BCUT2D eigenvalue weighted by Gasteiger charge is 2.33. The third-order valence-electron chi connectivity index (χ3n) is 7.04. The van der Waals surface area contributed by atoms with E-state index in [-0.39, 0.29) is 24.4 Å². The molecule has 3 aromatic carbocycles. The molecule has 1 saturated heterocycles. The van der Waals surface area contributed by atoms with Gasteiger partial charge in [0, 0.05) is 43.2 Å². The highest BCUT2D eigenvalue weighted by Crippen LogP contribution is 2.31. The van der Waals surface area contributed by atoms with Crippen molar-refractivity contribution in [3.8, 4) is 0 Å². The zero-order valence-corrected chi connectivity index (χ0v) is 21.0. The summed E-state index contributed by atoms with van der Waals surface area (Å²) >= 11 is 6.40. The van der Waals surface area contributed by atoms with Crippen LogP contribution in [-0.2, 0) is 16.0 Å². The van der Waals surface area contributed by atoms with Gasteiger partial charge in [0.25, 0.3) is 5.91 Å². The van der Waals surface area contributed by atoms with Gasteiger partial charge < -0.3 is 20.9 Å². The number of nitrogens with zero attached hydrogens (tertiary/aromatic N) is 3. The average molecular weight is 504 g/mol. The fraction of sp³-hybridized carbons (Fsp3) is 0.321. The maximum atomic E-state index is 13.6. The van der Waals surface area contributed by atoms with Crippen molar-refractivity contribution in [2.75, 3.05) is 31.6 Å². The van der Waals surface area contributed by atoms with Gasteiger partial charge in [0.1, 0.15) is 11.9 Å². The van der Waals surface area contributed by atoms with Gasteiger partial charge in [0.05, 0.1) is 12.2 Å². The van der Waals surface area contributed by atoms with Crippen LogP contribution in [0.3, 0.4) is 0 Å². The molecule has 2 aliphatic heterocycles. The lowest BCUT2D eigenvalue weighted by molar-refractivity contribution is -0.121. The molecule has 3 aromatic rings. The van der Waals surface area contributed by atoms with Crippen molar-refractivity contribution in [1.82, 2.24) is 10.2 Å². The molecule has 0 bridgehead atoms. The fourth-order valence-electron chi connectivity index (χ4n) is 5.09. The van der Waals surface area contributed by atoms with Gasteiger partial charge in [-0.1, -0.05) is 54.1 Å². The van der Waals surface area contributed by atoms with Crippen molar-refractivity contribution >= 4 is 45.7 Å². The van der Waals surface area contributed by atoms with Crippen LogP contribution in [0.2, 0.25) is 5.02 Å². The molecule has 36 heavy (non-hydrogen) atoms. The third-order valence-corrected chi connectivity index (χ3v) is 7.28. The Balaban J connectivity index is 1.48. The van der Waals surface area contributed by atoms with Gasteiger partial charge in [0.15, 0.2) is 0 Å². The van der Waals surface area contributed by atoms with E-state index in [0.717, 1.165) is 40.9 Å². The Kier molecular flexibility index (Phi) is 6.94. The number of hydrogen-bond donors (Lipinski definition) is 2. The second kappa shape index (κ2) is 10.3. The van der Waals surface area contributed by atoms with E-state index in [2.05, 4.69) is 40.5 Å². The molecule has 2 amide bonds. The molecule has 0 aliphatic carbocycles. The topological polar surface area (TPSA) is 91.0 Å². The normalized spacial score (nSPS) is 18.6. The first kappa shape index (κ1) is 24.3. The Labute approximate surface area is 215 Å². The number of amidine groups is 1. The summed E-state index contributed by atoms with van der Waals surface area (Å²) in [6.45, 7) is 1.41. The number of likely N-dealkylation sites (tertiary alicyclic amines) is 1. The van der Waals surface area contributed by atoms with E-state index in [9.17, 15) is 9.59 Å². The van der Waals surface area contributed by atoms with E-state index < -0.39 is 6.04 Å². The van der Waals surface area contributed by atoms with E-state index in [4.69, 9.17) is 22.3 Å². The van der Waals surface area contributed by atoms with Crippen LogP contribution >= 0.6 is 11.6 Å². The van der Waals surface area contributed by atoms with Crippen LogP contribution in [0.15, 0.2) is 65.7 Å². The van der Waals surface area contributed by atoms with Gasteiger partial charge in [-0.3, -0.25) is 14.6 Å².